The van der Waals surface area contributed by atoms with Gasteiger partial charge in [-0.1, -0.05) is 37.3 Å². The van der Waals surface area contributed by atoms with Crippen molar-refractivity contribution in [2.75, 3.05) is 6.54 Å². The topological polar surface area (TPSA) is 66.5 Å². The summed E-state index contributed by atoms with van der Waals surface area (Å²) in [5, 5.41) is 2.58. The number of ketones is 1. The van der Waals surface area contributed by atoms with Gasteiger partial charge in [0, 0.05) is 19.5 Å². The molecule has 0 saturated carbocycles. The minimum Gasteiger partial charge on any atom is -0.349 e. The number of carbonyl (C=O) groups excluding carboxylic acids is 3. The maximum atomic E-state index is 12.2. The van der Waals surface area contributed by atoms with Crippen LogP contribution < -0.4 is 5.32 Å². The highest BCUT2D eigenvalue weighted by molar-refractivity contribution is 6.38. The van der Waals surface area contributed by atoms with E-state index in [-0.39, 0.29) is 5.91 Å². The van der Waals surface area contributed by atoms with Gasteiger partial charge in [0.15, 0.2) is 0 Å². The van der Waals surface area contributed by atoms with Gasteiger partial charge >= 0.3 is 0 Å². The Kier molecular flexibility index (Phi) is 5.09. The normalized spacial score (nSPS) is 17.9. The van der Waals surface area contributed by atoms with E-state index in [1.54, 1.807) is 0 Å². The van der Waals surface area contributed by atoms with Gasteiger partial charge in [-0.3, -0.25) is 14.4 Å². The Morgan fingerprint density at radius 3 is 2.67 bits per heavy atom. The van der Waals surface area contributed by atoms with Crippen molar-refractivity contribution < 1.29 is 14.4 Å². The third-order valence-electron chi connectivity index (χ3n) is 3.59. The van der Waals surface area contributed by atoms with Crippen LogP contribution in [-0.2, 0) is 20.9 Å². The van der Waals surface area contributed by atoms with Crippen molar-refractivity contribution in [3.63, 3.8) is 0 Å². The number of benzene rings is 1. The summed E-state index contributed by atoms with van der Waals surface area (Å²) in [6, 6.07) is 8.86. The van der Waals surface area contributed by atoms with Crippen LogP contribution in [0.5, 0.6) is 0 Å². The van der Waals surface area contributed by atoms with Crippen molar-refractivity contribution in [2.24, 2.45) is 0 Å². The van der Waals surface area contributed by atoms with Crippen LogP contribution in [-0.4, -0.2) is 35.1 Å². The number of amides is 2. The lowest BCUT2D eigenvalue weighted by atomic mass is 10.1. The molecule has 0 bridgehead atoms. The first kappa shape index (κ1) is 15.2. The number of Topliss-reactive ketones (excluding diaryl/α,β-unsaturated/α-hetero) is 1. The quantitative estimate of drug-likeness (QED) is 0.802. The molecule has 1 aromatic carbocycles. The van der Waals surface area contributed by atoms with Gasteiger partial charge in [0.05, 0.1) is 0 Å². The predicted octanol–water partition coefficient (Wildman–Crippen LogP) is 1.27. The summed E-state index contributed by atoms with van der Waals surface area (Å²) in [6.45, 7) is 2.77. The average molecular weight is 288 g/mol. The zero-order valence-corrected chi connectivity index (χ0v) is 12.2. The Morgan fingerprint density at radius 2 is 2.00 bits per heavy atom. The molecule has 1 saturated heterocycles. The van der Waals surface area contributed by atoms with E-state index in [4.69, 9.17) is 0 Å². The average Bonchev–Trinajstić information content (AvgIpc) is 2.86. The summed E-state index contributed by atoms with van der Waals surface area (Å²) < 4.78 is 0. The van der Waals surface area contributed by atoms with E-state index in [0.717, 1.165) is 12.0 Å². The highest BCUT2D eigenvalue weighted by Gasteiger charge is 2.38. The van der Waals surface area contributed by atoms with Crippen molar-refractivity contribution in [3.8, 4) is 0 Å². The molecule has 0 radical (unpaired) electrons. The summed E-state index contributed by atoms with van der Waals surface area (Å²) in [5.74, 6) is -1.17. The van der Waals surface area contributed by atoms with Gasteiger partial charge in [-0.2, -0.15) is 0 Å². The van der Waals surface area contributed by atoms with Crippen LogP contribution in [0.4, 0.5) is 0 Å². The van der Waals surface area contributed by atoms with E-state index < -0.39 is 17.7 Å². The van der Waals surface area contributed by atoms with Crippen molar-refractivity contribution in [2.45, 2.75) is 38.8 Å². The molecule has 1 aromatic rings. The summed E-state index contributed by atoms with van der Waals surface area (Å²) >= 11 is 0. The van der Waals surface area contributed by atoms with Gasteiger partial charge in [0.2, 0.25) is 11.7 Å². The minimum atomic E-state index is -0.630. The molecule has 1 fully saturated rings. The minimum absolute atomic E-state index is 0.0690. The Hall–Kier alpha value is -2.17. The van der Waals surface area contributed by atoms with E-state index >= 15 is 0 Å². The van der Waals surface area contributed by atoms with E-state index in [0.29, 0.717) is 25.9 Å². The molecule has 112 valence electrons. The van der Waals surface area contributed by atoms with Crippen LogP contribution in [0.1, 0.15) is 31.7 Å². The van der Waals surface area contributed by atoms with Crippen LogP contribution in [0.2, 0.25) is 0 Å². The van der Waals surface area contributed by atoms with Gasteiger partial charge in [-0.05, 0) is 18.4 Å². The molecular weight excluding hydrogens is 268 g/mol. The second-order valence-electron chi connectivity index (χ2n) is 5.18. The number of rotatable bonds is 6. The molecule has 0 spiro atoms. The molecular formula is C16H20N2O3. The zero-order valence-electron chi connectivity index (χ0n) is 12.2. The number of nitrogens with zero attached hydrogens (tertiary/aromatic N) is 1. The first-order valence-corrected chi connectivity index (χ1v) is 7.29. The van der Waals surface area contributed by atoms with E-state index in [2.05, 4.69) is 5.32 Å². The zero-order chi connectivity index (χ0) is 15.2. The fourth-order valence-electron chi connectivity index (χ4n) is 2.46. The third-order valence-corrected chi connectivity index (χ3v) is 3.59. The Labute approximate surface area is 124 Å². The summed E-state index contributed by atoms with van der Waals surface area (Å²) in [7, 11) is 0. The smallest absolute Gasteiger partial charge is 0.289 e. The summed E-state index contributed by atoms with van der Waals surface area (Å²) in [4.78, 5) is 37.5. The van der Waals surface area contributed by atoms with Crippen LogP contribution in [0.25, 0.3) is 0 Å². The number of likely N-dealkylation sites (tertiary alicyclic amines) is 1. The molecule has 21 heavy (non-hydrogen) atoms. The van der Waals surface area contributed by atoms with Gasteiger partial charge in [0.1, 0.15) is 6.04 Å². The van der Waals surface area contributed by atoms with Gasteiger partial charge in [0.25, 0.3) is 5.91 Å². The van der Waals surface area contributed by atoms with Crippen LogP contribution >= 0.6 is 0 Å². The lowest BCUT2D eigenvalue weighted by Crippen LogP contribution is -2.45. The molecule has 5 heteroatoms. The van der Waals surface area contributed by atoms with Crippen molar-refractivity contribution in [1.29, 1.82) is 0 Å². The molecule has 1 atom stereocenters. The number of hydrogen-bond acceptors (Lipinski definition) is 3. The molecule has 2 rings (SSSR count). The highest BCUT2D eigenvalue weighted by Crippen LogP contribution is 2.22. The van der Waals surface area contributed by atoms with Gasteiger partial charge in [-0.25, -0.2) is 0 Å². The fourth-order valence-corrected chi connectivity index (χ4v) is 2.46. The van der Waals surface area contributed by atoms with E-state index in [1.165, 1.54) is 4.90 Å². The second kappa shape index (κ2) is 7.02. The molecule has 1 aliphatic heterocycles. The van der Waals surface area contributed by atoms with Gasteiger partial charge in [-0.15, -0.1) is 0 Å². The lowest BCUT2D eigenvalue weighted by molar-refractivity contribution is -0.143. The largest absolute Gasteiger partial charge is 0.349 e. The summed E-state index contributed by atoms with van der Waals surface area (Å²) in [6.07, 6.45) is 1.52. The Balaban J connectivity index is 2.06. The number of nitrogens with one attached hydrogen (secondary N) is 1. The maximum Gasteiger partial charge on any atom is 0.289 e. The van der Waals surface area contributed by atoms with Crippen molar-refractivity contribution >= 4 is 17.6 Å². The van der Waals surface area contributed by atoms with Crippen LogP contribution in [0, 0.1) is 0 Å². The molecule has 2 amide bonds. The first-order chi connectivity index (χ1) is 10.1. The van der Waals surface area contributed by atoms with Crippen LogP contribution in [0.3, 0.4) is 0 Å². The number of hydrogen-bond donors (Lipinski definition) is 1. The molecule has 0 unspecified atom stereocenters. The van der Waals surface area contributed by atoms with Gasteiger partial charge < -0.3 is 10.2 Å². The predicted molar refractivity (Wildman–Crippen MR) is 78.3 cm³/mol. The molecule has 0 aliphatic carbocycles. The first-order valence-electron chi connectivity index (χ1n) is 7.29. The lowest BCUT2D eigenvalue weighted by Gasteiger charge is -2.23. The second-order valence-corrected chi connectivity index (χ2v) is 5.18. The van der Waals surface area contributed by atoms with Crippen molar-refractivity contribution in [3.05, 3.63) is 35.9 Å². The van der Waals surface area contributed by atoms with E-state index in [1.807, 2.05) is 37.3 Å². The van der Waals surface area contributed by atoms with E-state index in [9.17, 15) is 14.4 Å². The fraction of sp³-hybridized carbons (Fsp3) is 0.438. The highest BCUT2D eigenvalue weighted by atomic mass is 16.2. The molecule has 0 aromatic heterocycles. The third kappa shape index (κ3) is 3.68. The SMILES string of the molecule is CCCNC(=O)C(=O)[C@H]1CCC(=O)N1Cc1ccccc1. The monoisotopic (exact) mass is 288 g/mol. The Morgan fingerprint density at radius 1 is 1.29 bits per heavy atom. The maximum absolute atomic E-state index is 12.2. The Bertz CT molecular complexity index is 528. The molecule has 1 heterocycles. The van der Waals surface area contributed by atoms with Crippen LogP contribution in [0.15, 0.2) is 30.3 Å². The standard InChI is InChI=1S/C16H20N2O3/c1-2-10-17-16(21)15(20)13-8-9-14(19)18(13)11-12-6-4-3-5-7-12/h3-7,13H,2,8-11H2,1H3,(H,17,21)/t13-/m1/s1. The summed E-state index contributed by atoms with van der Waals surface area (Å²) in [5.41, 5.74) is 0.958. The molecule has 1 aliphatic rings. The molecule has 1 N–H and O–H groups in total. The molecule has 5 nitrogen and oxygen atoms in total. The number of carbonyl (C=O) groups is 3. The van der Waals surface area contributed by atoms with Crippen molar-refractivity contribution in [1.82, 2.24) is 10.2 Å².